The summed E-state index contributed by atoms with van der Waals surface area (Å²) in [6, 6.07) is 8.57. The van der Waals surface area contributed by atoms with E-state index < -0.39 is 0 Å². The molecule has 1 aromatic carbocycles. The van der Waals surface area contributed by atoms with Gasteiger partial charge < -0.3 is 15.4 Å². The summed E-state index contributed by atoms with van der Waals surface area (Å²) in [4.78, 5) is 0. The van der Waals surface area contributed by atoms with Crippen molar-refractivity contribution in [2.45, 2.75) is 6.54 Å². The SMILES string of the molecule is COCCNCCNCc1csc2ccccc12. The Hall–Kier alpha value is -0.940. The van der Waals surface area contributed by atoms with E-state index in [4.69, 9.17) is 4.74 Å². The van der Waals surface area contributed by atoms with Crippen molar-refractivity contribution in [2.24, 2.45) is 0 Å². The van der Waals surface area contributed by atoms with E-state index in [1.807, 2.05) is 11.3 Å². The van der Waals surface area contributed by atoms with E-state index in [9.17, 15) is 0 Å². The Morgan fingerprint density at radius 1 is 1.11 bits per heavy atom. The van der Waals surface area contributed by atoms with Crippen LogP contribution in [0.25, 0.3) is 10.1 Å². The third-order valence-electron chi connectivity index (χ3n) is 2.84. The van der Waals surface area contributed by atoms with Gasteiger partial charge in [0.2, 0.25) is 0 Å². The van der Waals surface area contributed by atoms with Gasteiger partial charge in [0.15, 0.2) is 0 Å². The Kier molecular flexibility index (Phi) is 5.61. The predicted molar refractivity (Wildman–Crippen MR) is 78.3 cm³/mol. The second-order valence-electron chi connectivity index (χ2n) is 4.18. The average molecular weight is 264 g/mol. The first-order chi connectivity index (χ1) is 8.92. The van der Waals surface area contributed by atoms with Crippen LogP contribution in [0.5, 0.6) is 0 Å². The number of ether oxygens (including phenoxy) is 1. The van der Waals surface area contributed by atoms with Gasteiger partial charge >= 0.3 is 0 Å². The van der Waals surface area contributed by atoms with E-state index in [-0.39, 0.29) is 0 Å². The van der Waals surface area contributed by atoms with E-state index in [1.165, 1.54) is 15.6 Å². The molecule has 2 aromatic rings. The molecule has 1 aromatic heterocycles. The normalized spacial score (nSPS) is 11.2. The van der Waals surface area contributed by atoms with Crippen molar-refractivity contribution >= 4 is 21.4 Å². The smallest absolute Gasteiger partial charge is 0.0587 e. The third kappa shape index (κ3) is 3.78. The van der Waals surface area contributed by atoms with Crippen LogP contribution in [0.4, 0.5) is 0 Å². The third-order valence-corrected chi connectivity index (χ3v) is 3.85. The Morgan fingerprint density at radius 2 is 1.94 bits per heavy atom. The highest BCUT2D eigenvalue weighted by Gasteiger charge is 2.01. The van der Waals surface area contributed by atoms with Crippen LogP contribution in [-0.4, -0.2) is 33.4 Å². The molecule has 18 heavy (non-hydrogen) atoms. The maximum absolute atomic E-state index is 4.97. The van der Waals surface area contributed by atoms with Gasteiger partial charge in [0, 0.05) is 38.0 Å². The second kappa shape index (κ2) is 7.48. The van der Waals surface area contributed by atoms with Gasteiger partial charge in [-0.1, -0.05) is 18.2 Å². The van der Waals surface area contributed by atoms with Crippen molar-refractivity contribution in [3.05, 3.63) is 35.2 Å². The highest BCUT2D eigenvalue weighted by Crippen LogP contribution is 2.25. The number of hydrogen-bond acceptors (Lipinski definition) is 4. The largest absolute Gasteiger partial charge is 0.383 e. The molecule has 0 spiro atoms. The number of fused-ring (bicyclic) bond motifs is 1. The molecule has 2 rings (SSSR count). The molecule has 0 saturated carbocycles. The molecule has 0 aliphatic heterocycles. The number of thiophene rings is 1. The van der Waals surface area contributed by atoms with Crippen molar-refractivity contribution in [3.8, 4) is 0 Å². The Morgan fingerprint density at radius 3 is 2.83 bits per heavy atom. The number of rotatable bonds is 8. The standard InChI is InChI=1S/C14H20N2OS/c1-17-9-8-15-6-7-16-10-12-11-18-14-5-3-2-4-13(12)14/h2-5,11,15-16H,6-10H2,1H3. The fourth-order valence-corrected chi connectivity index (χ4v) is 2.83. The van der Waals surface area contributed by atoms with E-state index in [1.54, 1.807) is 7.11 Å². The van der Waals surface area contributed by atoms with Crippen LogP contribution in [0, 0.1) is 0 Å². The second-order valence-corrected chi connectivity index (χ2v) is 5.09. The van der Waals surface area contributed by atoms with Crippen molar-refractivity contribution in [3.63, 3.8) is 0 Å². The Labute approximate surface area is 112 Å². The Balaban J connectivity index is 1.70. The molecule has 4 heteroatoms. The lowest BCUT2D eigenvalue weighted by atomic mass is 10.2. The molecule has 3 nitrogen and oxygen atoms in total. The van der Waals surface area contributed by atoms with Crippen LogP contribution >= 0.6 is 11.3 Å². The summed E-state index contributed by atoms with van der Waals surface area (Å²) in [5.41, 5.74) is 1.40. The molecule has 1 heterocycles. The number of benzene rings is 1. The van der Waals surface area contributed by atoms with Crippen LogP contribution in [0.15, 0.2) is 29.6 Å². The highest BCUT2D eigenvalue weighted by molar-refractivity contribution is 7.17. The van der Waals surface area contributed by atoms with E-state index in [0.717, 1.165) is 32.8 Å². The van der Waals surface area contributed by atoms with Gasteiger partial charge in [-0.05, 0) is 22.4 Å². The van der Waals surface area contributed by atoms with Crippen molar-refractivity contribution in [1.29, 1.82) is 0 Å². The van der Waals surface area contributed by atoms with Gasteiger partial charge in [-0.3, -0.25) is 0 Å². The minimum Gasteiger partial charge on any atom is -0.383 e. The molecule has 0 amide bonds. The summed E-state index contributed by atoms with van der Waals surface area (Å²) in [6.45, 7) is 4.59. The zero-order valence-corrected chi connectivity index (χ0v) is 11.6. The van der Waals surface area contributed by atoms with Gasteiger partial charge in [0.1, 0.15) is 0 Å². The first kappa shape index (κ1) is 13.5. The summed E-state index contributed by atoms with van der Waals surface area (Å²) < 4.78 is 6.34. The molecule has 0 saturated heterocycles. The molecule has 98 valence electrons. The first-order valence-corrected chi connectivity index (χ1v) is 7.15. The zero-order valence-electron chi connectivity index (χ0n) is 10.7. The molecule has 0 fully saturated rings. The summed E-state index contributed by atoms with van der Waals surface area (Å²) in [5.74, 6) is 0. The quantitative estimate of drug-likeness (QED) is 0.717. The number of methoxy groups -OCH3 is 1. The number of nitrogens with one attached hydrogen (secondary N) is 2. The maximum atomic E-state index is 4.97. The average Bonchev–Trinajstić information content (AvgIpc) is 2.81. The lowest BCUT2D eigenvalue weighted by molar-refractivity contribution is 0.199. The molecule has 0 radical (unpaired) electrons. The lowest BCUT2D eigenvalue weighted by Crippen LogP contribution is -2.29. The molecular weight excluding hydrogens is 244 g/mol. The number of hydrogen-bond donors (Lipinski definition) is 2. The first-order valence-electron chi connectivity index (χ1n) is 6.27. The molecule has 0 aliphatic rings. The molecule has 0 aliphatic carbocycles. The summed E-state index contributed by atoms with van der Waals surface area (Å²) in [7, 11) is 1.72. The van der Waals surface area contributed by atoms with Gasteiger partial charge in [-0.2, -0.15) is 0 Å². The summed E-state index contributed by atoms with van der Waals surface area (Å²) in [5, 5.41) is 10.4. The van der Waals surface area contributed by atoms with E-state index in [2.05, 4.69) is 40.3 Å². The minimum absolute atomic E-state index is 0.773. The van der Waals surface area contributed by atoms with Crippen LogP contribution in [0.1, 0.15) is 5.56 Å². The van der Waals surface area contributed by atoms with Crippen molar-refractivity contribution in [2.75, 3.05) is 33.4 Å². The van der Waals surface area contributed by atoms with E-state index in [0.29, 0.717) is 0 Å². The van der Waals surface area contributed by atoms with Crippen molar-refractivity contribution in [1.82, 2.24) is 10.6 Å². The van der Waals surface area contributed by atoms with Gasteiger partial charge in [-0.15, -0.1) is 11.3 Å². The summed E-state index contributed by atoms with van der Waals surface area (Å²) in [6.07, 6.45) is 0. The monoisotopic (exact) mass is 264 g/mol. The molecule has 2 N–H and O–H groups in total. The molecule has 0 atom stereocenters. The van der Waals surface area contributed by atoms with Crippen LogP contribution in [-0.2, 0) is 11.3 Å². The maximum Gasteiger partial charge on any atom is 0.0587 e. The fraction of sp³-hybridized carbons (Fsp3) is 0.429. The van der Waals surface area contributed by atoms with Crippen LogP contribution < -0.4 is 10.6 Å². The lowest BCUT2D eigenvalue weighted by Gasteiger charge is -2.05. The van der Waals surface area contributed by atoms with E-state index >= 15 is 0 Å². The molecule has 0 unspecified atom stereocenters. The topological polar surface area (TPSA) is 33.3 Å². The van der Waals surface area contributed by atoms with Gasteiger partial charge in [0.25, 0.3) is 0 Å². The molecular formula is C14H20N2OS. The summed E-state index contributed by atoms with van der Waals surface area (Å²) >= 11 is 1.82. The van der Waals surface area contributed by atoms with Gasteiger partial charge in [0.05, 0.1) is 6.61 Å². The predicted octanol–water partition coefficient (Wildman–Crippen LogP) is 2.23. The minimum atomic E-state index is 0.773. The molecule has 0 bridgehead atoms. The van der Waals surface area contributed by atoms with Crippen molar-refractivity contribution < 1.29 is 4.74 Å². The Bertz CT molecular complexity index is 470. The van der Waals surface area contributed by atoms with Crippen LogP contribution in [0.3, 0.4) is 0 Å². The zero-order chi connectivity index (χ0) is 12.6. The van der Waals surface area contributed by atoms with Gasteiger partial charge in [-0.25, -0.2) is 0 Å². The highest BCUT2D eigenvalue weighted by atomic mass is 32.1. The van der Waals surface area contributed by atoms with Crippen LogP contribution in [0.2, 0.25) is 0 Å². The fourth-order valence-electron chi connectivity index (χ4n) is 1.87.